The van der Waals surface area contributed by atoms with Gasteiger partial charge in [-0.1, -0.05) is 0 Å². The van der Waals surface area contributed by atoms with Crippen molar-refractivity contribution in [1.29, 1.82) is 0 Å². The van der Waals surface area contributed by atoms with Gasteiger partial charge in [0.2, 0.25) is 5.91 Å². The lowest BCUT2D eigenvalue weighted by molar-refractivity contribution is -0.130. The number of carbonyl (C=O) groups excluding carboxylic acids is 1. The lowest BCUT2D eigenvalue weighted by atomic mass is 10.3. The quantitative estimate of drug-likeness (QED) is 0.721. The summed E-state index contributed by atoms with van der Waals surface area (Å²) in [6.45, 7) is 3.47. The number of tetrazole rings is 1. The zero-order valence-electron chi connectivity index (χ0n) is 11.2. The molecule has 106 valence electrons. The number of anilines is 1. The summed E-state index contributed by atoms with van der Waals surface area (Å²) in [5.74, 6) is 0.787. The lowest BCUT2D eigenvalue weighted by Crippen LogP contribution is -2.49. The first-order valence-corrected chi connectivity index (χ1v) is 6.47. The molecule has 1 aliphatic rings. The molecule has 3 heterocycles. The second-order valence-electron chi connectivity index (χ2n) is 4.70. The van der Waals surface area contributed by atoms with Crippen molar-refractivity contribution in [2.75, 3.05) is 44.7 Å². The molecule has 0 unspecified atom stereocenters. The summed E-state index contributed by atoms with van der Waals surface area (Å²) in [4.78, 5) is 20.0. The van der Waals surface area contributed by atoms with E-state index in [0.29, 0.717) is 11.5 Å². The maximum absolute atomic E-state index is 12.2. The Labute approximate surface area is 115 Å². The summed E-state index contributed by atoms with van der Waals surface area (Å²) in [5, 5.41) is 14.6. The van der Waals surface area contributed by atoms with E-state index in [1.165, 1.54) is 0 Å². The fourth-order valence-electron chi connectivity index (χ4n) is 2.22. The number of hydrogen-bond donors (Lipinski definition) is 1. The highest BCUT2D eigenvalue weighted by Crippen LogP contribution is 2.11. The molecule has 9 heteroatoms. The highest BCUT2D eigenvalue weighted by molar-refractivity contribution is 5.81. The minimum atomic E-state index is 0.0964. The monoisotopic (exact) mass is 276 g/mol. The third kappa shape index (κ3) is 2.39. The Bertz CT molecular complexity index is 605. The van der Waals surface area contributed by atoms with Crippen molar-refractivity contribution >= 4 is 17.4 Å². The van der Waals surface area contributed by atoms with Crippen molar-refractivity contribution < 1.29 is 4.79 Å². The minimum absolute atomic E-state index is 0.0964. The van der Waals surface area contributed by atoms with Crippen LogP contribution in [0.4, 0.5) is 5.82 Å². The van der Waals surface area contributed by atoms with Crippen LogP contribution in [0.25, 0.3) is 5.65 Å². The molecular formula is C11H16N8O. The van der Waals surface area contributed by atoms with Gasteiger partial charge in [0.25, 0.3) is 0 Å². The fraction of sp³-hybridized carbons (Fsp3) is 0.545. The van der Waals surface area contributed by atoms with E-state index in [9.17, 15) is 4.79 Å². The third-order valence-corrected chi connectivity index (χ3v) is 3.32. The molecule has 3 rings (SSSR count). The van der Waals surface area contributed by atoms with Gasteiger partial charge in [-0.15, -0.1) is 5.10 Å². The molecule has 1 saturated heterocycles. The Morgan fingerprint density at radius 2 is 2.20 bits per heavy atom. The molecule has 1 amide bonds. The normalized spacial score (nSPS) is 15.6. The molecule has 1 fully saturated rings. The number of fused-ring (bicyclic) bond motifs is 1. The topological polar surface area (TPSA) is 91.5 Å². The van der Waals surface area contributed by atoms with Gasteiger partial charge >= 0.3 is 0 Å². The van der Waals surface area contributed by atoms with Crippen LogP contribution in [-0.4, -0.2) is 75.6 Å². The Kier molecular flexibility index (Phi) is 3.42. The van der Waals surface area contributed by atoms with Crippen molar-refractivity contribution in [1.82, 2.24) is 35.2 Å². The van der Waals surface area contributed by atoms with Gasteiger partial charge in [0, 0.05) is 33.2 Å². The smallest absolute Gasteiger partial charge is 0.242 e. The second kappa shape index (κ2) is 5.37. The van der Waals surface area contributed by atoms with Crippen molar-refractivity contribution in [2.45, 2.75) is 0 Å². The van der Waals surface area contributed by atoms with E-state index >= 15 is 0 Å². The number of carbonyl (C=O) groups is 1. The van der Waals surface area contributed by atoms with Crippen LogP contribution < -0.4 is 10.2 Å². The molecule has 2 aromatic heterocycles. The van der Waals surface area contributed by atoms with E-state index in [4.69, 9.17) is 0 Å². The van der Waals surface area contributed by atoms with Gasteiger partial charge in [-0.2, -0.15) is 4.52 Å². The van der Waals surface area contributed by atoms with E-state index in [-0.39, 0.29) is 12.5 Å². The highest BCUT2D eigenvalue weighted by Gasteiger charge is 2.19. The molecule has 0 radical (unpaired) electrons. The molecule has 0 spiro atoms. The molecule has 1 aliphatic heterocycles. The second-order valence-corrected chi connectivity index (χ2v) is 4.70. The van der Waals surface area contributed by atoms with E-state index in [1.807, 2.05) is 11.9 Å². The molecule has 20 heavy (non-hydrogen) atoms. The van der Waals surface area contributed by atoms with Gasteiger partial charge in [0.15, 0.2) is 11.5 Å². The predicted octanol–water partition coefficient (Wildman–Crippen LogP) is -1.61. The number of aromatic nitrogens is 5. The van der Waals surface area contributed by atoms with Crippen LogP contribution in [0, 0.1) is 0 Å². The summed E-state index contributed by atoms with van der Waals surface area (Å²) in [6, 6.07) is 0. The predicted molar refractivity (Wildman–Crippen MR) is 71.3 cm³/mol. The zero-order valence-corrected chi connectivity index (χ0v) is 11.2. The van der Waals surface area contributed by atoms with Crippen molar-refractivity contribution in [3.8, 4) is 0 Å². The van der Waals surface area contributed by atoms with Gasteiger partial charge in [0.1, 0.15) is 0 Å². The molecule has 0 aromatic carbocycles. The number of rotatable bonds is 3. The van der Waals surface area contributed by atoms with Crippen molar-refractivity contribution in [2.24, 2.45) is 0 Å². The van der Waals surface area contributed by atoms with Crippen LogP contribution in [0.15, 0.2) is 12.4 Å². The molecule has 0 aliphatic carbocycles. The van der Waals surface area contributed by atoms with Gasteiger partial charge < -0.3 is 15.1 Å². The molecular weight excluding hydrogens is 260 g/mol. The van der Waals surface area contributed by atoms with Crippen LogP contribution in [0.3, 0.4) is 0 Å². The number of amides is 1. The fourth-order valence-corrected chi connectivity index (χ4v) is 2.22. The SMILES string of the molecule is CN(CC(=O)N1CCNCC1)c1cncc2nnnn12. The van der Waals surface area contributed by atoms with Gasteiger partial charge in [-0.05, 0) is 10.4 Å². The largest absolute Gasteiger partial charge is 0.349 e. The number of nitrogens with one attached hydrogen (secondary N) is 1. The van der Waals surface area contributed by atoms with Crippen LogP contribution in [0.2, 0.25) is 0 Å². The number of nitrogens with zero attached hydrogens (tertiary/aromatic N) is 7. The van der Waals surface area contributed by atoms with Gasteiger partial charge in [0.05, 0.1) is 18.9 Å². The number of likely N-dealkylation sites (N-methyl/N-ethyl adjacent to an activating group) is 1. The van der Waals surface area contributed by atoms with E-state index in [2.05, 4.69) is 25.8 Å². The summed E-state index contributed by atoms with van der Waals surface area (Å²) in [5.41, 5.74) is 0.559. The highest BCUT2D eigenvalue weighted by atomic mass is 16.2. The average Bonchev–Trinajstić information content (AvgIpc) is 2.96. The first-order valence-electron chi connectivity index (χ1n) is 6.47. The van der Waals surface area contributed by atoms with Crippen molar-refractivity contribution in [3.63, 3.8) is 0 Å². The third-order valence-electron chi connectivity index (χ3n) is 3.32. The zero-order chi connectivity index (χ0) is 13.9. The molecule has 1 N–H and O–H groups in total. The summed E-state index contributed by atoms with van der Waals surface area (Å²) < 4.78 is 1.57. The standard InChI is InChI=1S/C11H16N8O/c1-17(8-11(20)18-4-2-12-3-5-18)10-7-13-6-9-14-15-16-19(9)10/h6-7,12H,2-5,8H2,1H3. The minimum Gasteiger partial charge on any atom is -0.349 e. The van der Waals surface area contributed by atoms with Gasteiger partial charge in [-0.3, -0.25) is 9.78 Å². The molecule has 0 atom stereocenters. The summed E-state index contributed by atoms with van der Waals surface area (Å²) >= 11 is 0. The molecule has 9 nitrogen and oxygen atoms in total. The van der Waals surface area contributed by atoms with E-state index in [0.717, 1.165) is 26.2 Å². The summed E-state index contributed by atoms with van der Waals surface area (Å²) in [6.07, 6.45) is 3.23. The Balaban J connectivity index is 1.73. The molecule has 0 saturated carbocycles. The first-order chi connectivity index (χ1) is 9.75. The Hall–Kier alpha value is -2.29. The molecule has 2 aromatic rings. The lowest BCUT2D eigenvalue weighted by Gasteiger charge is -2.29. The van der Waals surface area contributed by atoms with Crippen LogP contribution in [0.1, 0.15) is 0 Å². The van der Waals surface area contributed by atoms with Crippen LogP contribution in [-0.2, 0) is 4.79 Å². The summed E-state index contributed by atoms with van der Waals surface area (Å²) in [7, 11) is 1.83. The van der Waals surface area contributed by atoms with Crippen LogP contribution >= 0.6 is 0 Å². The van der Waals surface area contributed by atoms with Gasteiger partial charge in [-0.25, -0.2) is 0 Å². The Morgan fingerprint density at radius 3 is 3.00 bits per heavy atom. The maximum atomic E-state index is 12.2. The van der Waals surface area contributed by atoms with Crippen molar-refractivity contribution in [3.05, 3.63) is 12.4 Å². The Morgan fingerprint density at radius 1 is 1.40 bits per heavy atom. The number of hydrogen-bond acceptors (Lipinski definition) is 7. The maximum Gasteiger partial charge on any atom is 0.242 e. The van der Waals surface area contributed by atoms with Crippen LogP contribution in [0.5, 0.6) is 0 Å². The van der Waals surface area contributed by atoms with E-state index in [1.54, 1.807) is 21.8 Å². The first kappa shape index (κ1) is 12.7. The van der Waals surface area contributed by atoms with E-state index < -0.39 is 0 Å². The number of piperazine rings is 1. The molecule has 0 bridgehead atoms. The average molecular weight is 276 g/mol.